The predicted octanol–water partition coefficient (Wildman–Crippen LogP) is 1.05. The Labute approximate surface area is 99.8 Å². The van der Waals surface area contributed by atoms with Gasteiger partial charge in [-0.1, -0.05) is 6.92 Å². The molecule has 0 amide bonds. The summed E-state index contributed by atoms with van der Waals surface area (Å²) in [5.74, 6) is 0.858. The molecule has 0 bridgehead atoms. The van der Waals surface area contributed by atoms with Gasteiger partial charge in [0.25, 0.3) is 0 Å². The molecule has 16 heavy (non-hydrogen) atoms. The minimum Gasteiger partial charge on any atom is -0.330 e. The molecule has 0 radical (unpaired) electrons. The van der Waals surface area contributed by atoms with Crippen molar-refractivity contribution in [2.75, 3.05) is 39.3 Å². The van der Waals surface area contributed by atoms with Crippen molar-refractivity contribution in [3.63, 3.8) is 0 Å². The summed E-state index contributed by atoms with van der Waals surface area (Å²) in [5, 5.41) is 3.49. The van der Waals surface area contributed by atoms with Crippen LogP contribution >= 0.6 is 0 Å². The molecular formula is C13H27N3. The van der Waals surface area contributed by atoms with E-state index in [0.29, 0.717) is 5.41 Å². The van der Waals surface area contributed by atoms with E-state index in [1.807, 2.05) is 0 Å². The van der Waals surface area contributed by atoms with E-state index in [0.717, 1.165) is 12.5 Å². The van der Waals surface area contributed by atoms with Crippen molar-refractivity contribution in [1.82, 2.24) is 10.2 Å². The SMILES string of the molecule is CC1(CN2CCCC(CCN)C2)CCNC1. The van der Waals surface area contributed by atoms with Crippen molar-refractivity contribution in [1.29, 1.82) is 0 Å². The van der Waals surface area contributed by atoms with Gasteiger partial charge in [-0.15, -0.1) is 0 Å². The van der Waals surface area contributed by atoms with E-state index < -0.39 is 0 Å². The number of nitrogens with zero attached hydrogens (tertiary/aromatic N) is 1. The second-order valence-corrected chi connectivity index (χ2v) is 6.06. The predicted molar refractivity (Wildman–Crippen MR) is 68.4 cm³/mol. The van der Waals surface area contributed by atoms with Gasteiger partial charge in [0.2, 0.25) is 0 Å². The van der Waals surface area contributed by atoms with Crippen LogP contribution in [-0.4, -0.2) is 44.2 Å². The highest BCUT2D eigenvalue weighted by Gasteiger charge is 2.32. The summed E-state index contributed by atoms with van der Waals surface area (Å²) in [6.45, 7) is 9.56. The number of piperidine rings is 1. The largest absolute Gasteiger partial charge is 0.330 e. The highest BCUT2D eigenvalue weighted by molar-refractivity contribution is 4.88. The Morgan fingerprint density at radius 1 is 1.50 bits per heavy atom. The number of hydrogen-bond donors (Lipinski definition) is 2. The highest BCUT2D eigenvalue weighted by Crippen LogP contribution is 2.28. The number of likely N-dealkylation sites (tertiary alicyclic amines) is 1. The van der Waals surface area contributed by atoms with Crippen LogP contribution in [0, 0.1) is 11.3 Å². The van der Waals surface area contributed by atoms with Crippen LogP contribution in [0.3, 0.4) is 0 Å². The maximum atomic E-state index is 5.67. The normalized spacial score (nSPS) is 36.8. The zero-order valence-corrected chi connectivity index (χ0v) is 10.7. The lowest BCUT2D eigenvalue weighted by Crippen LogP contribution is -2.43. The van der Waals surface area contributed by atoms with Crippen molar-refractivity contribution in [3.05, 3.63) is 0 Å². The van der Waals surface area contributed by atoms with Crippen molar-refractivity contribution in [2.45, 2.75) is 32.6 Å². The molecule has 2 heterocycles. The Morgan fingerprint density at radius 3 is 3.06 bits per heavy atom. The third kappa shape index (κ3) is 3.19. The van der Waals surface area contributed by atoms with Crippen molar-refractivity contribution >= 4 is 0 Å². The molecule has 0 aromatic rings. The van der Waals surface area contributed by atoms with Crippen molar-refractivity contribution in [2.24, 2.45) is 17.1 Å². The van der Waals surface area contributed by atoms with E-state index in [1.165, 1.54) is 58.4 Å². The Hall–Kier alpha value is -0.120. The van der Waals surface area contributed by atoms with E-state index >= 15 is 0 Å². The summed E-state index contributed by atoms with van der Waals surface area (Å²) >= 11 is 0. The summed E-state index contributed by atoms with van der Waals surface area (Å²) in [4.78, 5) is 2.68. The molecule has 2 fully saturated rings. The van der Waals surface area contributed by atoms with E-state index in [4.69, 9.17) is 5.73 Å². The minimum absolute atomic E-state index is 0.518. The quantitative estimate of drug-likeness (QED) is 0.751. The van der Waals surface area contributed by atoms with Crippen LogP contribution in [0.2, 0.25) is 0 Å². The molecule has 2 atom stereocenters. The van der Waals surface area contributed by atoms with Crippen molar-refractivity contribution < 1.29 is 0 Å². The molecule has 3 nitrogen and oxygen atoms in total. The first-order valence-corrected chi connectivity index (χ1v) is 6.85. The average Bonchev–Trinajstić information content (AvgIpc) is 2.66. The summed E-state index contributed by atoms with van der Waals surface area (Å²) in [6.07, 6.45) is 5.31. The molecule has 2 saturated heterocycles. The van der Waals surface area contributed by atoms with E-state index in [9.17, 15) is 0 Å². The van der Waals surface area contributed by atoms with Crippen LogP contribution in [-0.2, 0) is 0 Å². The van der Waals surface area contributed by atoms with Crippen molar-refractivity contribution in [3.8, 4) is 0 Å². The Kier molecular flexibility index (Phi) is 4.22. The maximum Gasteiger partial charge on any atom is 0.00481 e. The standard InChI is InChI=1S/C13H27N3/c1-13(5-7-15-10-13)11-16-8-2-3-12(9-16)4-6-14/h12,15H,2-11,14H2,1H3. The van der Waals surface area contributed by atoms with Crippen LogP contribution < -0.4 is 11.1 Å². The average molecular weight is 225 g/mol. The van der Waals surface area contributed by atoms with Gasteiger partial charge in [0.1, 0.15) is 0 Å². The smallest absolute Gasteiger partial charge is 0.00481 e. The molecule has 0 spiro atoms. The monoisotopic (exact) mass is 225 g/mol. The second kappa shape index (κ2) is 5.48. The molecular weight excluding hydrogens is 198 g/mol. The molecule has 2 aliphatic rings. The first-order chi connectivity index (χ1) is 7.72. The van der Waals surface area contributed by atoms with Gasteiger partial charge in [-0.2, -0.15) is 0 Å². The van der Waals surface area contributed by atoms with Gasteiger partial charge in [0.15, 0.2) is 0 Å². The molecule has 2 unspecified atom stereocenters. The summed E-state index contributed by atoms with van der Waals surface area (Å²) in [7, 11) is 0. The van der Waals surface area contributed by atoms with E-state index in [2.05, 4.69) is 17.1 Å². The van der Waals surface area contributed by atoms with Gasteiger partial charge in [-0.05, 0) is 56.7 Å². The van der Waals surface area contributed by atoms with Crippen LogP contribution in [0.4, 0.5) is 0 Å². The maximum absolute atomic E-state index is 5.67. The Morgan fingerprint density at radius 2 is 2.38 bits per heavy atom. The minimum atomic E-state index is 0.518. The zero-order chi connectivity index (χ0) is 11.4. The van der Waals surface area contributed by atoms with Crippen LogP contribution in [0.15, 0.2) is 0 Å². The fourth-order valence-electron chi connectivity index (χ4n) is 3.31. The second-order valence-electron chi connectivity index (χ2n) is 6.06. The highest BCUT2D eigenvalue weighted by atomic mass is 15.1. The summed E-state index contributed by atoms with van der Waals surface area (Å²) in [5.41, 5.74) is 6.18. The van der Waals surface area contributed by atoms with Gasteiger partial charge >= 0.3 is 0 Å². The zero-order valence-electron chi connectivity index (χ0n) is 10.7. The third-order valence-corrected chi connectivity index (χ3v) is 4.24. The molecule has 0 aromatic carbocycles. The Bertz CT molecular complexity index is 209. The van der Waals surface area contributed by atoms with Gasteiger partial charge in [0.05, 0.1) is 0 Å². The lowest BCUT2D eigenvalue weighted by molar-refractivity contribution is 0.118. The molecule has 0 saturated carbocycles. The summed E-state index contributed by atoms with van der Waals surface area (Å²) < 4.78 is 0. The fourth-order valence-corrected chi connectivity index (χ4v) is 3.31. The fraction of sp³-hybridized carbons (Fsp3) is 1.00. The van der Waals surface area contributed by atoms with Gasteiger partial charge in [-0.25, -0.2) is 0 Å². The molecule has 3 heteroatoms. The molecule has 0 aliphatic carbocycles. The lowest BCUT2D eigenvalue weighted by atomic mass is 9.87. The first kappa shape index (κ1) is 12.3. The van der Waals surface area contributed by atoms with Crippen LogP contribution in [0.5, 0.6) is 0 Å². The molecule has 3 N–H and O–H groups in total. The molecule has 0 aromatic heterocycles. The summed E-state index contributed by atoms with van der Waals surface area (Å²) in [6, 6.07) is 0. The van der Waals surface area contributed by atoms with E-state index in [-0.39, 0.29) is 0 Å². The topological polar surface area (TPSA) is 41.3 Å². The molecule has 2 aliphatic heterocycles. The third-order valence-electron chi connectivity index (χ3n) is 4.24. The van der Waals surface area contributed by atoms with Gasteiger partial charge in [-0.3, -0.25) is 0 Å². The first-order valence-electron chi connectivity index (χ1n) is 6.85. The van der Waals surface area contributed by atoms with Crippen LogP contribution in [0.1, 0.15) is 32.6 Å². The number of nitrogens with one attached hydrogen (secondary N) is 1. The van der Waals surface area contributed by atoms with Gasteiger partial charge < -0.3 is 16.0 Å². The number of nitrogens with two attached hydrogens (primary N) is 1. The number of hydrogen-bond acceptors (Lipinski definition) is 3. The molecule has 94 valence electrons. The number of rotatable bonds is 4. The molecule has 2 rings (SSSR count). The Balaban J connectivity index is 1.80. The van der Waals surface area contributed by atoms with Crippen LogP contribution in [0.25, 0.3) is 0 Å². The van der Waals surface area contributed by atoms with Gasteiger partial charge in [0, 0.05) is 19.6 Å². The van der Waals surface area contributed by atoms with E-state index in [1.54, 1.807) is 0 Å². The lowest BCUT2D eigenvalue weighted by Gasteiger charge is -2.37.